The topological polar surface area (TPSA) is 13.0 Å². The third kappa shape index (κ3) is 5.77. The van der Waals surface area contributed by atoms with Crippen LogP contribution in [-0.2, 0) is 0 Å². The van der Waals surface area contributed by atoms with Gasteiger partial charge < -0.3 is 19.6 Å². The van der Waals surface area contributed by atoms with E-state index in [4.69, 9.17) is 0 Å². The first-order valence-corrected chi connectivity index (χ1v) is 21.9. The van der Waals surface area contributed by atoms with Gasteiger partial charge in [0.25, 0.3) is 0 Å². The maximum atomic E-state index is 2.45. The molecule has 4 nitrogen and oxygen atoms in total. The maximum absolute atomic E-state index is 2.45. The van der Waals surface area contributed by atoms with Crippen LogP contribution in [0.5, 0.6) is 0 Å². The molecule has 0 saturated heterocycles. The SMILES string of the molecule is c1ccc(N2c3ccccc3N(c3ccc4ccccc4c3)c3cc(-c4ccc5c(c4)N(c4ccc6ccccc6c4)c4ccccc4N5c4ccc5ccccc5c4)ccc32)cc1. The minimum absolute atomic E-state index is 1.11. The third-order valence-corrected chi connectivity index (χ3v) is 13.0. The Morgan fingerprint density at radius 3 is 0.859 bits per heavy atom. The first-order valence-electron chi connectivity index (χ1n) is 21.9. The van der Waals surface area contributed by atoms with Crippen LogP contribution in [0.1, 0.15) is 0 Å². The van der Waals surface area contributed by atoms with Gasteiger partial charge in [-0.1, -0.05) is 146 Å². The number of nitrogens with zero attached hydrogens (tertiary/aromatic N) is 4. The Morgan fingerprint density at radius 2 is 0.469 bits per heavy atom. The highest BCUT2D eigenvalue weighted by Crippen LogP contribution is 2.58. The molecule has 0 spiro atoms. The van der Waals surface area contributed by atoms with Crippen LogP contribution in [-0.4, -0.2) is 0 Å². The van der Waals surface area contributed by atoms with E-state index in [0.717, 1.165) is 79.4 Å². The largest absolute Gasteiger partial charge is 0.306 e. The lowest BCUT2D eigenvalue weighted by molar-refractivity contribution is 1.17. The predicted molar refractivity (Wildman–Crippen MR) is 270 cm³/mol. The molecule has 0 bridgehead atoms. The van der Waals surface area contributed by atoms with Gasteiger partial charge in [-0.3, -0.25) is 0 Å². The van der Waals surface area contributed by atoms with E-state index in [0.29, 0.717) is 0 Å². The molecule has 0 unspecified atom stereocenters. The van der Waals surface area contributed by atoms with Crippen molar-refractivity contribution in [2.24, 2.45) is 0 Å². The number of fused-ring (bicyclic) bond motifs is 7. The number of para-hydroxylation sites is 5. The van der Waals surface area contributed by atoms with Crippen LogP contribution < -0.4 is 19.6 Å². The molecule has 13 rings (SSSR count). The molecular formula is C60H40N4. The Bertz CT molecular complexity index is 3610. The van der Waals surface area contributed by atoms with Crippen LogP contribution in [0.4, 0.5) is 68.2 Å². The molecule has 2 aliphatic rings. The Hall–Kier alpha value is -8.60. The van der Waals surface area contributed by atoms with E-state index >= 15 is 0 Å². The summed E-state index contributed by atoms with van der Waals surface area (Å²) in [7, 11) is 0. The second kappa shape index (κ2) is 14.5. The molecule has 0 N–H and O–H groups in total. The normalized spacial score (nSPS) is 12.9. The van der Waals surface area contributed by atoms with E-state index in [2.05, 4.69) is 262 Å². The van der Waals surface area contributed by atoms with Crippen molar-refractivity contribution in [3.8, 4) is 11.1 Å². The molecule has 2 aliphatic heterocycles. The monoisotopic (exact) mass is 816 g/mol. The van der Waals surface area contributed by atoms with Crippen LogP contribution in [0.2, 0.25) is 0 Å². The fraction of sp³-hybridized carbons (Fsp3) is 0. The highest BCUT2D eigenvalue weighted by Gasteiger charge is 2.33. The molecule has 0 amide bonds. The van der Waals surface area contributed by atoms with E-state index in [-0.39, 0.29) is 0 Å². The molecular weight excluding hydrogens is 777 g/mol. The smallest absolute Gasteiger partial charge is 0.0709 e. The molecule has 4 heteroatoms. The van der Waals surface area contributed by atoms with Crippen LogP contribution in [0.15, 0.2) is 243 Å². The van der Waals surface area contributed by atoms with Gasteiger partial charge in [0.1, 0.15) is 0 Å². The summed E-state index contributed by atoms with van der Waals surface area (Å²) >= 11 is 0. The van der Waals surface area contributed by atoms with Crippen LogP contribution >= 0.6 is 0 Å². The predicted octanol–water partition coefficient (Wildman–Crippen LogP) is 17.3. The maximum Gasteiger partial charge on any atom is 0.0709 e. The van der Waals surface area contributed by atoms with Crippen molar-refractivity contribution >= 4 is 101 Å². The van der Waals surface area contributed by atoms with Crippen molar-refractivity contribution < 1.29 is 0 Å². The van der Waals surface area contributed by atoms with Gasteiger partial charge in [0, 0.05) is 22.7 Å². The molecule has 64 heavy (non-hydrogen) atoms. The second-order valence-electron chi connectivity index (χ2n) is 16.7. The summed E-state index contributed by atoms with van der Waals surface area (Å²) in [6.45, 7) is 0. The first kappa shape index (κ1) is 36.1. The Morgan fingerprint density at radius 1 is 0.172 bits per heavy atom. The lowest BCUT2D eigenvalue weighted by Crippen LogP contribution is -2.24. The number of benzene rings is 11. The summed E-state index contributed by atoms with van der Waals surface area (Å²) in [4.78, 5) is 9.73. The van der Waals surface area contributed by atoms with E-state index in [1.807, 2.05) is 0 Å². The summed E-state index contributed by atoms with van der Waals surface area (Å²) in [6.07, 6.45) is 0. The van der Waals surface area contributed by atoms with Crippen molar-refractivity contribution in [1.82, 2.24) is 0 Å². The fourth-order valence-corrected chi connectivity index (χ4v) is 9.98. The Kier molecular flexibility index (Phi) is 8.18. The molecule has 11 aromatic carbocycles. The zero-order chi connectivity index (χ0) is 42.1. The van der Waals surface area contributed by atoms with Gasteiger partial charge in [-0.25, -0.2) is 0 Å². The molecule has 0 aliphatic carbocycles. The molecule has 11 aromatic rings. The first-order chi connectivity index (χ1) is 31.7. The number of anilines is 12. The van der Waals surface area contributed by atoms with Crippen LogP contribution in [0.25, 0.3) is 43.4 Å². The third-order valence-electron chi connectivity index (χ3n) is 13.0. The Labute approximate surface area is 372 Å². The zero-order valence-corrected chi connectivity index (χ0v) is 34.9. The average molecular weight is 817 g/mol. The molecule has 0 aromatic heterocycles. The van der Waals surface area contributed by atoms with Crippen molar-refractivity contribution in [3.05, 3.63) is 243 Å². The van der Waals surface area contributed by atoms with Crippen LogP contribution in [0, 0.1) is 0 Å². The van der Waals surface area contributed by atoms with Gasteiger partial charge in [-0.15, -0.1) is 0 Å². The second-order valence-corrected chi connectivity index (χ2v) is 16.7. The van der Waals surface area contributed by atoms with Crippen molar-refractivity contribution in [1.29, 1.82) is 0 Å². The molecule has 0 radical (unpaired) electrons. The van der Waals surface area contributed by atoms with E-state index in [1.54, 1.807) is 0 Å². The summed E-state index contributed by atoms with van der Waals surface area (Å²) < 4.78 is 0. The van der Waals surface area contributed by atoms with Gasteiger partial charge in [0.05, 0.1) is 45.5 Å². The Balaban J connectivity index is 1.03. The molecule has 0 saturated carbocycles. The quantitative estimate of drug-likeness (QED) is 0.172. The highest BCUT2D eigenvalue weighted by atomic mass is 15.3. The van der Waals surface area contributed by atoms with Crippen LogP contribution in [0.3, 0.4) is 0 Å². The number of hydrogen-bond donors (Lipinski definition) is 0. The van der Waals surface area contributed by atoms with E-state index in [9.17, 15) is 0 Å². The van der Waals surface area contributed by atoms with Gasteiger partial charge in [-0.2, -0.15) is 0 Å². The zero-order valence-electron chi connectivity index (χ0n) is 34.9. The van der Waals surface area contributed by atoms with E-state index < -0.39 is 0 Å². The molecule has 2 heterocycles. The molecule has 0 fully saturated rings. The van der Waals surface area contributed by atoms with Gasteiger partial charge in [-0.05, 0) is 141 Å². The molecule has 300 valence electrons. The average Bonchev–Trinajstić information content (AvgIpc) is 3.36. The van der Waals surface area contributed by atoms with Crippen molar-refractivity contribution in [2.45, 2.75) is 0 Å². The lowest BCUT2D eigenvalue weighted by atomic mass is 9.96. The fourth-order valence-electron chi connectivity index (χ4n) is 9.98. The minimum Gasteiger partial charge on any atom is -0.306 e. The summed E-state index contributed by atoms with van der Waals surface area (Å²) in [5, 5.41) is 7.30. The van der Waals surface area contributed by atoms with Crippen molar-refractivity contribution in [3.63, 3.8) is 0 Å². The van der Waals surface area contributed by atoms with Gasteiger partial charge in [0.2, 0.25) is 0 Å². The summed E-state index contributed by atoms with van der Waals surface area (Å²) in [5.74, 6) is 0. The number of rotatable bonds is 5. The van der Waals surface area contributed by atoms with Gasteiger partial charge >= 0.3 is 0 Å². The summed E-state index contributed by atoms with van der Waals surface area (Å²) in [6, 6.07) is 88.6. The number of hydrogen-bond acceptors (Lipinski definition) is 4. The summed E-state index contributed by atoms with van der Waals surface area (Å²) in [5.41, 5.74) is 15.7. The highest BCUT2D eigenvalue weighted by molar-refractivity contribution is 6.07. The standard InChI is InChI=1S/C60H40N4/c1-2-20-49(21-3-1)61-53-22-10-12-24-55(53)63(51-32-27-42-15-5-8-18-45(42)37-51)59-39-47(29-34-57(59)61)48-30-35-58-60(40-48)64(52-33-28-43-16-6-9-19-46(43)38-52)56-25-13-11-23-54(56)62(58)50-31-26-41-14-4-7-17-44(41)36-50/h1-40H. The molecule has 0 atom stereocenters. The lowest BCUT2D eigenvalue weighted by Gasteiger charge is -2.41. The van der Waals surface area contributed by atoms with Gasteiger partial charge in [0.15, 0.2) is 0 Å². The van der Waals surface area contributed by atoms with Crippen molar-refractivity contribution in [2.75, 3.05) is 19.6 Å². The minimum atomic E-state index is 1.11. The van der Waals surface area contributed by atoms with E-state index in [1.165, 1.54) is 32.3 Å².